The molecule has 0 unspecified atom stereocenters. The van der Waals surface area contributed by atoms with E-state index in [0.29, 0.717) is 52.9 Å². The lowest BCUT2D eigenvalue weighted by Crippen LogP contribution is -2.39. The summed E-state index contributed by atoms with van der Waals surface area (Å²) in [6, 6.07) is 8.14. The Morgan fingerprint density at radius 1 is 0.806 bits per heavy atom. The monoisotopic (exact) mass is 438 g/mol. The zero-order valence-electron chi connectivity index (χ0n) is 19.2. The summed E-state index contributed by atoms with van der Waals surface area (Å²) < 4.78 is 22.8. The molecule has 0 atom stereocenters. The van der Waals surface area contributed by atoms with Crippen LogP contribution in [-0.2, 0) is 18.9 Å². The van der Waals surface area contributed by atoms with E-state index in [1.165, 1.54) is 5.69 Å². The Hall–Kier alpha value is -1.42. The van der Waals surface area contributed by atoms with E-state index in [9.17, 15) is 0 Å². The van der Waals surface area contributed by atoms with Gasteiger partial charge >= 0.3 is 0 Å². The predicted octanol–water partition coefficient (Wildman–Crippen LogP) is 1.46. The summed E-state index contributed by atoms with van der Waals surface area (Å²) >= 11 is 0. The molecule has 0 aromatic heterocycles. The quantitative estimate of drug-likeness (QED) is 0.646. The van der Waals surface area contributed by atoms with Gasteiger partial charge in [-0.3, -0.25) is 4.90 Å². The highest BCUT2D eigenvalue weighted by Crippen LogP contribution is 2.16. The largest absolute Gasteiger partial charge is 0.399 e. The van der Waals surface area contributed by atoms with Crippen molar-refractivity contribution in [3.63, 3.8) is 0 Å². The van der Waals surface area contributed by atoms with E-state index in [1.54, 1.807) is 0 Å². The van der Waals surface area contributed by atoms with Gasteiger partial charge in [0.15, 0.2) is 0 Å². The highest BCUT2D eigenvalue weighted by atomic mass is 16.5. The van der Waals surface area contributed by atoms with Gasteiger partial charge in [0.2, 0.25) is 0 Å². The van der Waals surface area contributed by atoms with Gasteiger partial charge in [-0.25, -0.2) is 0 Å². The van der Waals surface area contributed by atoms with E-state index < -0.39 is 0 Å². The van der Waals surface area contributed by atoms with E-state index in [0.717, 1.165) is 57.9 Å². The molecule has 0 bridgehead atoms. The van der Waals surface area contributed by atoms with Crippen LogP contribution < -0.4 is 16.0 Å². The Kier molecular flexibility index (Phi) is 14.3. The number of rotatable bonds is 6. The molecule has 1 heterocycles. The van der Waals surface area contributed by atoms with Crippen molar-refractivity contribution in [1.82, 2.24) is 10.2 Å². The van der Waals surface area contributed by atoms with Gasteiger partial charge in [-0.2, -0.15) is 0 Å². The van der Waals surface area contributed by atoms with Gasteiger partial charge in [-0.15, -0.1) is 0 Å². The molecule has 1 aromatic rings. The number of hydrogen-bond acceptors (Lipinski definition) is 8. The molecule has 178 valence electrons. The van der Waals surface area contributed by atoms with Gasteiger partial charge in [-0.1, -0.05) is 6.92 Å². The first-order valence-corrected chi connectivity index (χ1v) is 11.6. The van der Waals surface area contributed by atoms with Crippen LogP contribution in [0.2, 0.25) is 0 Å². The van der Waals surface area contributed by atoms with Crippen LogP contribution in [0.4, 0.5) is 11.4 Å². The Labute approximate surface area is 187 Å². The topological polar surface area (TPSA) is 81.5 Å². The van der Waals surface area contributed by atoms with Gasteiger partial charge in [0, 0.05) is 57.2 Å². The Balaban J connectivity index is 1.81. The zero-order valence-corrected chi connectivity index (χ0v) is 19.2. The average Bonchev–Trinajstić information content (AvgIpc) is 2.78. The van der Waals surface area contributed by atoms with Crippen LogP contribution in [-0.4, -0.2) is 104 Å². The third-order valence-electron chi connectivity index (χ3n) is 5.13. The molecule has 1 fully saturated rings. The molecule has 31 heavy (non-hydrogen) atoms. The van der Waals surface area contributed by atoms with Gasteiger partial charge in [0.1, 0.15) is 0 Å². The van der Waals surface area contributed by atoms with Gasteiger partial charge < -0.3 is 34.9 Å². The molecule has 2 rings (SSSR count). The van der Waals surface area contributed by atoms with Crippen LogP contribution in [0.5, 0.6) is 0 Å². The molecule has 1 aliphatic rings. The van der Waals surface area contributed by atoms with Crippen LogP contribution in [0.25, 0.3) is 0 Å². The van der Waals surface area contributed by atoms with Crippen molar-refractivity contribution in [2.45, 2.75) is 13.3 Å². The number of nitrogens with zero attached hydrogens (tertiary/aromatic N) is 2. The van der Waals surface area contributed by atoms with Crippen LogP contribution in [0, 0.1) is 0 Å². The van der Waals surface area contributed by atoms with E-state index >= 15 is 0 Å². The van der Waals surface area contributed by atoms with Crippen LogP contribution in [0.1, 0.15) is 13.3 Å². The van der Waals surface area contributed by atoms with Crippen molar-refractivity contribution in [3.05, 3.63) is 24.3 Å². The van der Waals surface area contributed by atoms with Crippen LogP contribution in [0.3, 0.4) is 0 Å². The molecule has 1 aromatic carbocycles. The fourth-order valence-electron chi connectivity index (χ4n) is 3.37. The Morgan fingerprint density at radius 3 is 1.90 bits per heavy atom. The first-order chi connectivity index (χ1) is 15.3. The summed E-state index contributed by atoms with van der Waals surface area (Å²) in [5, 5.41) is 3.29. The smallest absolute Gasteiger partial charge is 0.0701 e. The molecule has 0 aliphatic carbocycles. The number of benzene rings is 1. The lowest BCUT2D eigenvalue weighted by Gasteiger charge is -2.29. The molecule has 3 N–H and O–H groups in total. The fraction of sp³-hybridized carbons (Fsp3) is 0.739. The summed E-state index contributed by atoms with van der Waals surface area (Å²) in [7, 11) is 0. The fourth-order valence-corrected chi connectivity index (χ4v) is 3.37. The summed E-state index contributed by atoms with van der Waals surface area (Å²) in [6.07, 6.45) is 1.10. The highest BCUT2D eigenvalue weighted by Gasteiger charge is 2.10. The van der Waals surface area contributed by atoms with E-state index in [4.69, 9.17) is 24.7 Å². The number of nitrogens with one attached hydrogen (secondary N) is 1. The van der Waals surface area contributed by atoms with Crippen molar-refractivity contribution < 1.29 is 18.9 Å². The van der Waals surface area contributed by atoms with E-state index in [2.05, 4.69) is 34.2 Å². The second kappa shape index (κ2) is 17.2. The minimum absolute atomic E-state index is 0.626. The number of nitrogens with two attached hydrogens (primary N) is 1. The van der Waals surface area contributed by atoms with Crippen molar-refractivity contribution in [1.29, 1.82) is 0 Å². The number of anilines is 2. The third-order valence-corrected chi connectivity index (χ3v) is 5.13. The van der Waals surface area contributed by atoms with Crippen molar-refractivity contribution >= 4 is 11.4 Å². The predicted molar refractivity (Wildman–Crippen MR) is 126 cm³/mol. The van der Waals surface area contributed by atoms with Crippen molar-refractivity contribution in [2.75, 3.05) is 109 Å². The third kappa shape index (κ3) is 12.3. The van der Waals surface area contributed by atoms with Gasteiger partial charge in [0.25, 0.3) is 0 Å². The maximum Gasteiger partial charge on any atom is 0.0701 e. The maximum absolute atomic E-state index is 5.86. The summed E-state index contributed by atoms with van der Waals surface area (Å²) in [5.41, 5.74) is 7.87. The first-order valence-electron chi connectivity index (χ1n) is 11.6. The number of hydrogen-bond donors (Lipinski definition) is 2. The molecule has 1 saturated heterocycles. The zero-order chi connectivity index (χ0) is 22.0. The van der Waals surface area contributed by atoms with E-state index in [-0.39, 0.29) is 0 Å². The average molecular weight is 439 g/mol. The minimum Gasteiger partial charge on any atom is -0.399 e. The second-order valence-corrected chi connectivity index (χ2v) is 7.62. The summed E-state index contributed by atoms with van der Waals surface area (Å²) in [5.74, 6) is 0. The van der Waals surface area contributed by atoms with Gasteiger partial charge in [0.05, 0.1) is 52.9 Å². The molecule has 0 spiro atoms. The molecule has 8 nitrogen and oxygen atoms in total. The normalized spacial score (nSPS) is 19.4. The minimum atomic E-state index is 0.626. The lowest BCUT2D eigenvalue weighted by atomic mass is 10.2. The molecule has 1 aliphatic heterocycles. The first kappa shape index (κ1) is 25.8. The lowest BCUT2D eigenvalue weighted by molar-refractivity contribution is 0.0211. The SMILES string of the molecule is CCCN(CCN1CCOCCOCCNCCOCCOCC1)c1ccc(N)cc1. The van der Waals surface area contributed by atoms with Crippen molar-refractivity contribution in [2.24, 2.45) is 0 Å². The molecule has 0 amide bonds. The van der Waals surface area contributed by atoms with Gasteiger partial charge in [-0.05, 0) is 30.7 Å². The number of ether oxygens (including phenoxy) is 4. The van der Waals surface area contributed by atoms with Crippen molar-refractivity contribution in [3.8, 4) is 0 Å². The van der Waals surface area contributed by atoms with Crippen LogP contribution >= 0.6 is 0 Å². The Bertz CT molecular complexity index is 529. The molecule has 8 heteroatoms. The molecule has 0 saturated carbocycles. The maximum atomic E-state index is 5.86. The Morgan fingerprint density at radius 2 is 1.35 bits per heavy atom. The molecular formula is C23H42N4O4. The van der Waals surface area contributed by atoms with E-state index in [1.807, 2.05) is 12.1 Å². The molecule has 0 radical (unpaired) electrons. The standard InChI is InChI=1S/C23H42N4O4/c1-2-9-27(23-5-3-22(24)4-6-23)11-10-26-12-16-30-20-18-28-14-7-25-8-15-29-19-21-31-17-13-26/h3-6,25H,2,7-21,24H2,1H3. The number of nitrogen functional groups attached to an aromatic ring is 1. The highest BCUT2D eigenvalue weighted by molar-refractivity contribution is 5.53. The second-order valence-electron chi connectivity index (χ2n) is 7.62. The summed E-state index contributed by atoms with van der Waals surface area (Å²) in [6.45, 7) is 13.8. The van der Waals surface area contributed by atoms with Crippen LogP contribution in [0.15, 0.2) is 24.3 Å². The molecular weight excluding hydrogens is 396 g/mol. The summed E-state index contributed by atoms with van der Waals surface area (Å²) in [4.78, 5) is 4.83.